The molecule has 0 aromatic heterocycles. The first-order valence-electron chi connectivity index (χ1n) is 3.36. The van der Waals surface area contributed by atoms with E-state index in [4.69, 9.17) is 0 Å². The minimum Gasteiger partial charge on any atom is -0.466 e. The second-order valence-electron chi connectivity index (χ2n) is 2.60. The molecule has 1 atom stereocenters. The van der Waals surface area contributed by atoms with E-state index in [-0.39, 0.29) is 64.4 Å². The molecule has 1 fully saturated rings. The van der Waals surface area contributed by atoms with Gasteiger partial charge in [0, 0.05) is 5.92 Å². The molecule has 1 aliphatic heterocycles. The van der Waals surface area contributed by atoms with Gasteiger partial charge in [-0.15, -0.1) is 0 Å². The first-order chi connectivity index (χ1) is 4.99. The van der Waals surface area contributed by atoms with Crippen LogP contribution in [-0.4, -0.2) is 19.6 Å². The Morgan fingerprint density at radius 1 is 1.50 bits per heavy atom. The van der Waals surface area contributed by atoms with Gasteiger partial charge in [0.25, 0.3) is 0 Å². The number of hydrogen-bond donors (Lipinski definition) is 0. The van der Waals surface area contributed by atoms with Crippen molar-refractivity contribution in [3.8, 4) is 0 Å². The maximum Gasteiger partial charge on any atom is 1.00 e. The van der Waals surface area contributed by atoms with Crippen LogP contribution in [0.5, 0.6) is 0 Å². The van der Waals surface area contributed by atoms with E-state index in [2.05, 4.69) is 4.74 Å². The van der Waals surface area contributed by atoms with Crippen molar-refractivity contribution in [3.05, 3.63) is 0 Å². The van der Waals surface area contributed by atoms with Crippen molar-refractivity contribution in [3.63, 3.8) is 0 Å². The Hall–Kier alpha value is 0.961. The van der Waals surface area contributed by atoms with Crippen LogP contribution in [0.15, 0.2) is 0 Å². The van der Waals surface area contributed by atoms with Crippen molar-refractivity contribution in [1.82, 2.24) is 0 Å². The molecule has 0 N–H and O–H groups in total. The molecule has 0 spiro atoms. The standard InChI is InChI=1S/C5H7BF3O2.K/c7-6(8,9)3-4-1-2-11-5(4)10;/h4H,1-3H2;/q-1;+1. The second kappa shape index (κ2) is 5.00. The minimum atomic E-state index is -4.84. The summed E-state index contributed by atoms with van der Waals surface area (Å²) in [5, 5.41) is 0. The number of ether oxygens (including phenoxy) is 1. The average molecular weight is 206 g/mol. The Bertz CT molecular complexity index is 173. The van der Waals surface area contributed by atoms with E-state index in [1.54, 1.807) is 0 Å². The monoisotopic (exact) mass is 206 g/mol. The molecule has 64 valence electrons. The molecule has 0 aromatic carbocycles. The molecule has 1 saturated heterocycles. The number of hydrogen-bond acceptors (Lipinski definition) is 2. The van der Waals surface area contributed by atoms with Crippen molar-refractivity contribution in [2.45, 2.75) is 12.7 Å². The summed E-state index contributed by atoms with van der Waals surface area (Å²) in [6, 6.07) is 0. The molecular weight excluding hydrogens is 199 g/mol. The second-order valence-corrected chi connectivity index (χ2v) is 2.60. The summed E-state index contributed by atoms with van der Waals surface area (Å²) in [5.41, 5.74) is 0. The molecule has 0 aliphatic carbocycles. The Morgan fingerprint density at radius 3 is 2.42 bits per heavy atom. The van der Waals surface area contributed by atoms with Gasteiger partial charge in [-0.05, 0) is 6.42 Å². The summed E-state index contributed by atoms with van der Waals surface area (Å²) in [4.78, 5) is 10.5. The summed E-state index contributed by atoms with van der Waals surface area (Å²) >= 11 is 0. The van der Waals surface area contributed by atoms with Crippen molar-refractivity contribution in [2.24, 2.45) is 5.92 Å². The van der Waals surface area contributed by atoms with Crippen LogP contribution in [0, 0.1) is 5.92 Å². The van der Waals surface area contributed by atoms with Crippen LogP contribution in [0.1, 0.15) is 6.42 Å². The zero-order valence-corrected chi connectivity index (χ0v) is 9.85. The van der Waals surface area contributed by atoms with E-state index in [9.17, 15) is 17.7 Å². The summed E-state index contributed by atoms with van der Waals surface area (Å²) in [7, 11) is 0. The molecule has 12 heavy (non-hydrogen) atoms. The third kappa shape index (κ3) is 4.27. The quantitative estimate of drug-likeness (QED) is 0.402. The zero-order chi connectivity index (χ0) is 8.48. The topological polar surface area (TPSA) is 26.3 Å². The maximum absolute atomic E-state index is 11.7. The molecule has 0 saturated carbocycles. The number of rotatable bonds is 2. The summed E-state index contributed by atoms with van der Waals surface area (Å²) in [5.74, 6) is -1.64. The summed E-state index contributed by atoms with van der Waals surface area (Å²) in [6.45, 7) is -4.71. The van der Waals surface area contributed by atoms with E-state index in [1.165, 1.54) is 0 Å². The van der Waals surface area contributed by atoms with Crippen LogP contribution in [0.3, 0.4) is 0 Å². The third-order valence-corrected chi connectivity index (χ3v) is 1.60. The number of esters is 1. The van der Waals surface area contributed by atoms with Gasteiger partial charge in [0.05, 0.1) is 6.61 Å². The Morgan fingerprint density at radius 2 is 2.08 bits per heavy atom. The van der Waals surface area contributed by atoms with Crippen LogP contribution >= 0.6 is 0 Å². The molecule has 0 aromatic rings. The van der Waals surface area contributed by atoms with Crippen LogP contribution < -0.4 is 51.4 Å². The number of carbonyl (C=O) groups excluding carboxylic acids is 1. The van der Waals surface area contributed by atoms with E-state index in [1.807, 2.05) is 0 Å². The fourth-order valence-corrected chi connectivity index (χ4v) is 1.07. The van der Waals surface area contributed by atoms with Crippen molar-refractivity contribution in [1.29, 1.82) is 0 Å². The van der Waals surface area contributed by atoms with E-state index >= 15 is 0 Å². The zero-order valence-electron chi connectivity index (χ0n) is 6.73. The SMILES string of the molecule is O=C1OCCC1C[B-](F)(F)F.[K+]. The van der Waals surface area contributed by atoms with Gasteiger partial charge in [-0.25, -0.2) is 0 Å². The Kier molecular flexibility index (Phi) is 5.40. The van der Waals surface area contributed by atoms with Gasteiger partial charge in [-0.2, -0.15) is 0 Å². The largest absolute Gasteiger partial charge is 1.00 e. The van der Waals surface area contributed by atoms with E-state index in [0.29, 0.717) is 0 Å². The van der Waals surface area contributed by atoms with Gasteiger partial charge in [0.15, 0.2) is 0 Å². The molecule has 7 heteroatoms. The predicted octanol–water partition coefficient (Wildman–Crippen LogP) is -1.60. The van der Waals surface area contributed by atoms with Gasteiger partial charge >= 0.3 is 64.3 Å². The molecule has 1 aliphatic rings. The molecular formula is C5H7BF3KO2. The first-order valence-corrected chi connectivity index (χ1v) is 3.36. The van der Waals surface area contributed by atoms with Crippen LogP contribution in [0.2, 0.25) is 6.32 Å². The van der Waals surface area contributed by atoms with Crippen LogP contribution in [-0.2, 0) is 9.53 Å². The van der Waals surface area contributed by atoms with Gasteiger partial charge in [-0.3, -0.25) is 4.79 Å². The van der Waals surface area contributed by atoms with Crippen molar-refractivity contribution in [2.75, 3.05) is 6.61 Å². The van der Waals surface area contributed by atoms with E-state index < -0.39 is 25.2 Å². The maximum atomic E-state index is 11.7. The smallest absolute Gasteiger partial charge is 0.466 e. The number of carbonyl (C=O) groups is 1. The van der Waals surface area contributed by atoms with Gasteiger partial charge in [-0.1, -0.05) is 6.32 Å². The first kappa shape index (κ1) is 13.0. The molecule has 0 amide bonds. The fraction of sp³-hybridized carbons (Fsp3) is 0.800. The predicted molar refractivity (Wildman–Crippen MR) is 33.0 cm³/mol. The van der Waals surface area contributed by atoms with Gasteiger partial charge in [0.1, 0.15) is 0 Å². The molecule has 0 radical (unpaired) electrons. The minimum absolute atomic E-state index is 0. The van der Waals surface area contributed by atoms with Gasteiger partial charge in [0.2, 0.25) is 0 Å². The van der Waals surface area contributed by atoms with E-state index in [0.717, 1.165) is 0 Å². The van der Waals surface area contributed by atoms with Crippen LogP contribution in [0.25, 0.3) is 0 Å². The van der Waals surface area contributed by atoms with Crippen LogP contribution in [0.4, 0.5) is 12.9 Å². The Balaban J connectivity index is 0.00000121. The number of cyclic esters (lactones) is 1. The summed E-state index contributed by atoms with van der Waals surface area (Å²) in [6.07, 6.45) is -0.779. The normalized spacial score (nSPS) is 23.2. The Labute approximate surface area is 111 Å². The molecule has 1 rings (SSSR count). The molecule has 2 nitrogen and oxygen atoms in total. The fourth-order valence-electron chi connectivity index (χ4n) is 1.07. The molecule has 1 heterocycles. The van der Waals surface area contributed by atoms with Crippen molar-refractivity contribution >= 4 is 12.9 Å². The average Bonchev–Trinajstić information content (AvgIpc) is 2.12. The molecule has 0 bridgehead atoms. The third-order valence-electron chi connectivity index (χ3n) is 1.60. The summed E-state index contributed by atoms with van der Waals surface area (Å²) < 4.78 is 39.6. The molecule has 1 unspecified atom stereocenters. The van der Waals surface area contributed by atoms with Gasteiger partial charge < -0.3 is 17.7 Å². The van der Waals surface area contributed by atoms with Crippen molar-refractivity contribution < 1.29 is 73.9 Å². The number of halogens is 3.